The van der Waals surface area contributed by atoms with Gasteiger partial charge in [-0.2, -0.15) is 13.2 Å². The fourth-order valence-corrected chi connectivity index (χ4v) is 6.00. The molecule has 1 aliphatic rings. The number of fused-ring (bicyclic) bond motifs is 1. The average molecular weight is 668 g/mol. The molecule has 1 aliphatic heterocycles. The molecule has 0 saturated heterocycles. The Morgan fingerprint density at radius 3 is 2.40 bits per heavy atom. The molecule has 0 aliphatic carbocycles. The van der Waals surface area contributed by atoms with Crippen LogP contribution >= 0.6 is 46.1 Å². The lowest BCUT2D eigenvalue weighted by Crippen LogP contribution is -2.41. The van der Waals surface area contributed by atoms with Gasteiger partial charge in [0.05, 0.1) is 22.8 Å². The number of halogens is 6. The maximum absolute atomic E-state index is 14.3. The van der Waals surface area contributed by atoms with Crippen molar-refractivity contribution in [3.63, 3.8) is 0 Å². The first kappa shape index (κ1) is 30.9. The van der Waals surface area contributed by atoms with E-state index in [1.165, 1.54) is 37.3 Å². The first-order chi connectivity index (χ1) is 20.5. The quantitative estimate of drug-likeness (QED) is 0.202. The summed E-state index contributed by atoms with van der Waals surface area (Å²) >= 11 is 19.1. The Bertz CT molecular complexity index is 1920. The SMILES string of the molecule is CCOC(=O)C1=C(C(F)(F)F)N=c2s/c(=C\c3cc(Cl)ccc3OCc3cccc(Cl)c3)c(=O)n2[C@@H]1c1ccc(Cl)cc1. The Morgan fingerprint density at radius 1 is 1.02 bits per heavy atom. The molecule has 0 fully saturated rings. The first-order valence-corrected chi connectivity index (χ1v) is 14.6. The predicted molar refractivity (Wildman–Crippen MR) is 159 cm³/mol. The summed E-state index contributed by atoms with van der Waals surface area (Å²) in [6.07, 6.45) is -3.56. The number of allylic oxidation sites excluding steroid dienone is 1. The zero-order chi connectivity index (χ0) is 30.9. The number of carbonyl (C=O) groups is 1. The van der Waals surface area contributed by atoms with Crippen molar-refractivity contribution in [1.29, 1.82) is 0 Å². The van der Waals surface area contributed by atoms with Crippen LogP contribution in [-0.4, -0.2) is 23.3 Å². The summed E-state index contributed by atoms with van der Waals surface area (Å²) in [7, 11) is 0. The molecule has 0 saturated carbocycles. The highest BCUT2D eigenvalue weighted by Gasteiger charge is 2.45. The average Bonchev–Trinajstić information content (AvgIpc) is 3.26. The van der Waals surface area contributed by atoms with Crippen LogP contribution in [0.15, 0.2) is 87.8 Å². The summed E-state index contributed by atoms with van der Waals surface area (Å²) in [5.74, 6) is -0.869. The summed E-state index contributed by atoms with van der Waals surface area (Å²) in [5.41, 5.74) is -1.50. The second kappa shape index (κ2) is 12.6. The molecule has 0 radical (unpaired) electrons. The number of benzene rings is 3. The highest BCUT2D eigenvalue weighted by molar-refractivity contribution is 7.07. The van der Waals surface area contributed by atoms with Gasteiger partial charge in [0.25, 0.3) is 5.56 Å². The second-order valence-electron chi connectivity index (χ2n) is 9.22. The third kappa shape index (κ3) is 6.67. The Morgan fingerprint density at radius 2 is 1.72 bits per heavy atom. The fourth-order valence-electron chi connectivity index (χ4n) is 4.49. The number of ether oxygens (including phenoxy) is 2. The molecule has 0 bridgehead atoms. The van der Waals surface area contributed by atoms with Crippen molar-refractivity contribution in [2.24, 2.45) is 4.99 Å². The standard InChI is InChI=1S/C30H20Cl3F3N2O4S/c1-2-41-28(40)24-25(17-6-8-19(31)9-7-17)38-27(39)23(43-29(38)37-26(24)30(34,35)36)14-18-13-21(33)10-11-22(18)42-15-16-4-3-5-20(32)12-16/h3-14,25H,2,15H2,1H3/b23-14-/t25-/m1/s1. The van der Waals surface area contributed by atoms with Crippen LogP contribution < -0.4 is 19.6 Å². The molecule has 13 heteroatoms. The number of aromatic nitrogens is 1. The highest BCUT2D eigenvalue weighted by Crippen LogP contribution is 2.38. The van der Waals surface area contributed by atoms with Crippen LogP contribution in [0, 0.1) is 0 Å². The lowest BCUT2D eigenvalue weighted by atomic mass is 9.95. The largest absolute Gasteiger partial charge is 0.488 e. The normalized spacial score (nSPS) is 15.2. The number of hydrogen-bond acceptors (Lipinski definition) is 6. The van der Waals surface area contributed by atoms with Crippen molar-refractivity contribution in [3.05, 3.63) is 129 Å². The van der Waals surface area contributed by atoms with Gasteiger partial charge in [-0.1, -0.05) is 70.4 Å². The summed E-state index contributed by atoms with van der Waals surface area (Å²) in [4.78, 5) is 30.4. The summed E-state index contributed by atoms with van der Waals surface area (Å²) in [5, 5.41) is 1.20. The third-order valence-electron chi connectivity index (χ3n) is 6.32. The molecule has 0 unspecified atom stereocenters. The molecule has 3 aromatic carbocycles. The zero-order valence-electron chi connectivity index (χ0n) is 22.1. The van der Waals surface area contributed by atoms with Crippen molar-refractivity contribution >= 4 is 58.2 Å². The van der Waals surface area contributed by atoms with E-state index in [-0.39, 0.29) is 28.1 Å². The maximum atomic E-state index is 14.3. The van der Waals surface area contributed by atoms with Crippen LogP contribution in [0.2, 0.25) is 15.1 Å². The molecule has 4 aromatic rings. The van der Waals surface area contributed by atoms with Gasteiger partial charge in [-0.25, -0.2) is 9.79 Å². The maximum Gasteiger partial charge on any atom is 0.434 e. The van der Waals surface area contributed by atoms with Gasteiger partial charge in [0.1, 0.15) is 12.4 Å². The molecule has 0 amide bonds. The molecule has 5 rings (SSSR count). The second-order valence-corrected chi connectivity index (χ2v) is 11.5. The first-order valence-electron chi connectivity index (χ1n) is 12.7. The van der Waals surface area contributed by atoms with Crippen LogP contribution in [-0.2, 0) is 16.1 Å². The van der Waals surface area contributed by atoms with Gasteiger partial charge in [0, 0.05) is 20.6 Å². The van der Waals surface area contributed by atoms with Gasteiger partial charge in [0.15, 0.2) is 10.5 Å². The molecule has 2 heterocycles. The van der Waals surface area contributed by atoms with E-state index in [1.54, 1.807) is 36.4 Å². The van der Waals surface area contributed by atoms with Crippen LogP contribution in [0.25, 0.3) is 6.08 Å². The van der Waals surface area contributed by atoms with Gasteiger partial charge in [-0.3, -0.25) is 9.36 Å². The molecule has 6 nitrogen and oxygen atoms in total. The predicted octanol–water partition coefficient (Wildman–Crippen LogP) is 6.88. The number of thiazole rings is 1. The lowest BCUT2D eigenvalue weighted by molar-refractivity contribution is -0.140. The number of carbonyl (C=O) groups excluding carboxylic acids is 1. The van der Waals surface area contributed by atoms with Crippen molar-refractivity contribution in [3.8, 4) is 5.75 Å². The Balaban J connectivity index is 1.69. The van der Waals surface area contributed by atoms with Crippen molar-refractivity contribution in [1.82, 2.24) is 4.57 Å². The molecule has 1 atom stereocenters. The molecule has 222 valence electrons. The monoisotopic (exact) mass is 666 g/mol. The van der Waals surface area contributed by atoms with Crippen molar-refractivity contribution < 1.29 is 27.4 Å². The highest BCUT2D eigenvalue weighted by atomic mass is 35.5. The minimum absolute atomic E-state index is 0.0409. The molecule has 1 aromatic heterocycles. The summed E-state index contributed by atoms with van der Waals surface area (Å²) < 4.78 is 55.1. The van der Waals surface area contributed by atoms with Crippen LogP contribution in [0.4, 0.5) is 13.2 Å². The van der Waals surface area contributed by atoms with E-state index in [9.17, 15) is 22.8 Å². The van der Waals surface area contributed by atoms with E-state index in [0.717, 1.165) is 21.5 Å². The molecular weight excluding hydrogens is 648 g/mol. The minimum atomic E-state index is -5.02. The molecule has 0 N–H and O–H groups in total. The van der Waals surface area contributed by atoms with Crippen LogP contribution in [0.3, 0.4) is 0 Å². The van der Waals surface area contributed by atoms with E-state index in [4.69, 9.17) is 44.3 Å². The Kier molecular flexibility index (Phi) is 9.03. The molecule has 0 spiro atoms. The Hall–Kier alpha value is -3.57. The van der Waals surface area contributed by atoms with Gasteiger partial charge >= 0.3 is 12.1 Å². The molecular formula is C30H20Cl3F3N2O4S. The van der Waals surface area contributed by atoms with E-state index in [0.29, 0.717) is 26.4 Å². The number of alkyl halides is 3. The summed E-state index contributed by atoms with van der Waals surface area (Å²) in [6.45, 7) is 1.44. The number of rotatable bonds is 7. The number of esters is 1. The summed E-state index contributed by atoms with van der Waals surface area (Å²) in [6, 6.07) is 16.2. The lowest BCUT2D eigenvalue weighted by Gasteiger charge is -2.26. The smallest absolute Gasteiger partial charge is 0.434 e. The van der Waals surface area contributed by atoms with Crippen LogP contribution in [0.5, 0.6) is 5.75 Å². The van der Waals surface area contributed by atoms with E-state index >= 15 is 0 Å². The van der Waals surface area contributed by atoms with Crippen molar-refractivity contribution in [2.45, 2.75) is 25.7 Å². The van der Waals surface area contributed by atoms with E-state index < -0.39 is 35.0 Å². The number of nitrogens with zero attached hydrogens (tertiary/aromatic N) is 2. The van der Waals surface area contributed by atoms with Crippen molar-refractivity contribution in [2.75, 3.05) is 6.61 Å². The van der Waals surface area contributed by atoms with E-state index in [2.05, 4.69) is 4.99 Å². The minimum Gasteiger partial charge on any atom is -0.488 e. The Labute approximate surface area is 261 Å². The van der Waals surface area contributed by atoms with Gasteiger partial charge in [-0.05, 0) is 66.6 Å². The van der Waals surface area contributed by atoms with Gasteiger partial charge in [0.2, 0.25) is 0 Å². The third-order valence-corrected chi connectivity index (χ3v) is 8.03. The topological polar surface area (TPSA) is 69.9 Å². The zero-order valence-corrected chi connectivity index (χ0v) is 25.2. The van der Waals surface area contributed by atoms with Gasteiger partial charge in [-0.15, -0.1) is 0 Å². The molecule has 43 heavy (non-hydrogen) atoms. The van der Waals surface area contributed by atoms with Crippen LogP contribution in [0.1, 0.15) is 29.7 Å². The van der Waals surface area contributed by atoms with E-state index in [1.807, 2.05) is 6.07 Å². The van der Waals surface area contributed by atoms with Gasteiger partial charge < -0.3 is 9.47 Å². The number of hydrogen-bond donors (Lipinski definition) is 0. The fraction of sp³-hybridized carbons (Fsp3) is 0.167.